The highest BCUT2D eigenvalue weighted by atomic mass is 35.5. The van der Waals surface area contributed by atoms with Crippen LogP contribution in [0.25, 0.3) is 5.69 Å². The molecule has 5 aromatic rings. The van der Waals surface area contributed by atoms with Gasteiger partial charge in [-0.3, -0.25) is 14.4 Å². The van der Waals surface area contributed by atoms with Gasteiger partial charge in [-0.05, 0) is 85.5 Å². The van der Waals surface area contributed by atoms with Gasteiger partial charge in [0.05, 0.1) is 11.9 Å². The van der Waals surface area contributed by atoms with Crippen molar-refractivity contribution in [1.29, 1.82) is 0 Å². The Balaban J connectivity index is 1.03. The van der Waals surface area contributed by atoms with Crippen molar-refractivity contribution >= 4 is 58.6 Å². The molecule has 290 valence electrons. The molecule has 56 heavy (non-hydrogen) atoms. The molecule has 0 spiro atoms. The van der Waals surface area contributed by atoms with E-state index in [9.17, 15) is 37.5 Å². The van der Waals surface area contributed by atoms with E-state index < -0.39 is 54.1 Å². The number of ether oxygens (including phenoxy) is 1. The number of anilines is 4. The van der Waals surface area contributed by atoms with Crippen LogP contribution < -0.4 is 31.3 Å². The third-order valence-corrected chi connectivity index (χ3v) is 8.59. The number of carboxylic acids is 1. The Morgan fingerprint density at radius 1 is 0.893 bits per heavy atom. The Bertz CT molecular complexity index is 2190. The Hall–Kier alpha value is -6.76. The van der Waals surface area contributed by atoms with Crippen molar-refractivity contribution in [2.45, 2.75) is 37.0 Å². The molecule has 0 aliphatic heterocycles. The number of hydrogen-bond donors (Lipinski definition) is 6. The minimum absolute atomic E-state index is 0.0450. The number of rotatable bonds is 15. The van der Waals surface area contributed by atoms with E-state index in [2.05, 4.69) is 46.5 Å². The van der Waals surface area contributed by atoms with E-state index in [-0.39, 0.29) is 30.4 Å². The average Bonchev–Trinajstić information content (AvgIpc) is 3.72. The third kappa shape index (κ3) is 10.5. The lowest BCUT2D eigenvalue weighted by atomic mass is 10.1. The molecule has 1 aliphatic rings. The lowest BCUT2D eigenvalue weighted by molar-refractivity contribution is -0.154. The number of alkyl halides is 3. The molecule has 6 N–H and O–H groups in total. The lowest BCUT2D eigenvalue weighted by Crippen LogP contribution is -2.44. The molecule has 0 bridgehead atoms. The van der Waals surface area contributed by atoms with Gasteiger partial charge < -0.3 is 41.0 Å². The van der Waals surface area contributed by atoms with Crippen molar-refractivity contribution in [3.8, 4) is 11.7 Å². The molecule has 3 aromatic carbocycles. The van der Waals surface area contributed by atoms with Crippen molar-refractivity contribution in [2.24, 2.45) is 0 Å². The maximum atomic E-state index is 12.9. The molecule has 6 rings (SSSR count). The molecule has 2 heterocycles. The van der Waals surface area contributed by atoms with Gasteiger partial charge in [-0.2, -0.15) is 28.1 Å². The van der Waals surface area contributed by atoms with Crippen LogP contribution in [0.5, 0.6) is 6.01 Å². The van der Waals surface area contributed by atoms with Crippen LogP contribution in [0, 0.1) is 0 Å². The van der Waals surface area contributed by atoms with Crippen molar-refractivity contribution in [1.82, 2.24) is 35.1 Å². The summed E-state index contributed by atoms with van der Waals surface area (Å²) in [5.74, 6) is -4.30. The highest BCUT2D eigenvalue weighted by Gasteiger charge is 2.45. The van der Waals surface area contributed by atoms with Gasteiger partial charge in [-0.25, -0.2) is 9.78 Å². The second-order valence-electron chi connectivity index (χ2n) is 12.5. The molecule has 1 saturated carbocycles. The topological polar surface area (TPSA) is 214 Å². The predicted molar refractivity (Wildman–Crippen MR) is 196 cm³/mol. The van der Waals surface area contributed by atoms with E-state index in [0.29, 0.717) is 29.2 Å². The summed E-state index contributed by atoms with van der Waals surface area (Å²) >= 11 is 6.02. The first-order valence-corrected chi connectivity index (χ1v) is 17.2. The van der Waals surface area contributed by atoms with Crippen LogP contribution in [0.1, 0.15) is 35.2 Å². The molecule has 1 aliphatic carbocycles. The number of imidazole rings is 1. The molecule has 1 atom stereocenters. The predicted octanol–water partition coefficient (Wildman–Crippen LogP) is 4.82. The van der Waals surface area contributed by atoms with Gasteiger partial charge >= 0.3 is 30.0 Å². The molecule has 0 saturated heterocycles. The van der Waals surface area contributed by atoms with E-state index in [1.807, 2.05) is 12.1 Å². The number of carbonyl (C=O) groups is 4. The number of hydrogen-bond acceptors (Lipinski definition) is 11. The standard InChI is InChI=1S/C36H32ClF3N10O6/c37-23-5-3-22(4-6-23)35(14-15-35)49-33-46-32(47-34(48-33)56-19-36(38,39)40)44-25-7-1-21(2-8-25)28(51)45-27(31(54)55)13-16-42-29(52)30(53)43-24-9-11-26(12-10-24)50-18-17-41-20-50/h1-12,17-18,20,27H,13-16,19H2,(H,42,52)(H,43,53)(H,45,51)(H,54,55)(H2,44,46,47,48,49). The fourth-order valence-electron chi connectivity index (χ4n) is 5.33. The van der Waals surface area contributed by atoms with Crippen LogP contribution in [0.3, 0.4) is 0 Å². The molecule has 20 heteroatoms. The Morgan fingerprint density at radius 3 is 2.20 bits per heavy atom. The van der Waals surface area contributed by atoms with E-state index in [1.54, 1.807) is 59.7 Å². The van der Waals surface area contributed by atoms with Crippen molar-refractivity contribution in [2.75, 3.05) is 29.1 Å². The first-order valence-electron chi connectivity index (χ1n) is 16.8. The van der Waals surface area contributed by atoms with Gasteiger partial charge in [0.1, 0.15) is 6.04 Å². The fraction of sp³-hybridized carbons (Fsp3) is 0.222. The van der Waals surface area contributed by atoms with Crippen LogP contribution in [0.4, 0.5) is 36.4 Å². The summed E-state index contributed by atoms with van der Waals surface area (Å²) in [5.41, 5.74) is 1.85. The van der Waals surface area contributed by atoms with E-state index in [0.717, 1.165) is 11.3 Å². The summed E-state index contributed by atoms with van der Waals surface area (Å²) in [6.07, 6.45) is 1.47. The van der Waals surface area contributed by atoms with Crippen LogP contribution in [-0.2, 0) is 19.9 Å². The summed E-state index contributed by atoms with van der Waals surface area (Å²) < 4.78 is 45.4. The number of halogens is 4. The monoisotopic (exact) mass is 792 g/mol. The molecule has 1 fully saturated rings. The number of nitrogens with zero attached hydrogens (tertiary/aromatic N) is 5. The minimum atomic E-state index is -4.65. The zero-order valence-electron chi connectivity index (χ0n) is 29.0. The highest BCUT2D eigenvalue weighted by molar-refractivity contribution is 6.39. The molecular weight excluding hydrogens is 761 g/mol. The summed E-state index contributed by atoms with van der Waals surface area (Å²) in [5, 5.41) is 23.4. The van der Waals surface area contributed by atoms with Gasteiger partial charge in [-0.15, -0.1) is 0 Å². The number of benzene rings is 3. The maximum Gasteiger partial charge on any atom is 0.422 e. The third-order valence-electron chi connectivity index (χ3n) is 8.34. The highest BCUT2D eigenvalue weighted by Crippen LogP contribution is 2.48. The summed E-state index contributed by atoms with van der Waals surface area (Å²) in [4.78, 5) is 65.8. The van der Waals surface area contributed by atoms with Gasteiger partial charge in [0.15, 0.2) is 6.61 Å². The van der Waals surface area contributed by atoms with Crippen LogP contribution in [-0.4, -0.2) is 78.7 Å². The number of carboxylic acid groups (broad SMARTS) is 1. The first kappa shape index (κ1) is 38.9. The lowest BCUT2D eigenvalue weighted by Gasteiger charge is -2.19. The summed E-state index contributed by atoms with van der Waals surface area (Å²) in [7, 11) is 0. The second kappa shape index (κ2) is 16.7. The van der Waals surface area contributed by atoms with Crippen LogP contribution in [0.15, 0.2) is 91.5 Å². The Labute approximate surface area is 320 Å². The van der Waals surface area contributed by atoms with Crippen molar-refractivity contribution in [3.05, 3.63) is 108 Å². The smallest absolute Gasteiger partial charge is 0.422 e. The first-order chi connectivity index (χ1) is 26.7. The second-order valence-corrected chi connectivity index (χ2v) is 12.9. The van der Waals surface area contributed by atoms with Crippen molar-refractivity contribution < 1.29 is 42.2 Å². The Kier molecular flexibility index (Phi) is 11.6. The summed E-state index contributed by atoms with van der Waals surface area (Å²) in [6.45, 7) is -1.88. The SMILES string of the molecule is O=C(NCCC(NC(=O)c1ccc(Nc2nc(NC3(c4ccc(Cl)cc4)CC3)nc(OCC(F)(F)F)n2)cc1)C(=O)O)C(=O)Nc1ccc(-n2ccnc2)cc1. The van der Waals surface area contributed by atoms with E-state index in [1.165, 1.54) is 24.3 Å². The van der Waals surface area contributed by atoms with Gasteiger partial charge in [0.2, 0.25) is 11.9 Å². The number of aromatic nitrogens is 5. The van der Waals surface area contributed by atoms with Gasteiger partial charge in [0.25, 0.3) is 5.91 Å². The Morgan fingerprint density at radius 2 is 1.57 bits per heavy atom. The molecule has 3 amide bonds. The molecular formula is C36H32ClF3N10O6. The maximum absolute atomic E-state index is 12.9. The number of nitrogens with one attached hydrogen (secondary N) is 5. The quantitative estimate of drug-likeness (QED) is 0.0788. The van der Waals surface area contributed by atoms with Gasteiger partial charge in [0, 0.05) is 46.6 Å². The van der Waals surface area contributed by atoms with Gasteiger partial charge in [-0.1, -0.05) is 23.7 Å². The zero-order chi connectivity index (χ0) is 39.9. The minimum Gasteiger partial charge on any atom is -0.480 e. The summed E-state index contributed by atoms with van der Waals surface area (Å²) in [6, 6.07) is 17.3. The number of aliphatic carboxylic acids is 1. The van der Waals surface area contributed by atoms with E-state index in [4.69, 9.17) is 16.3 Å². The number of amides is 3. The fourth-order valence-corrected chi connectivity index (χ4v) is 5.46. The van der Waals surface area contributed by atoms with Crippen molar-refractivity contribution in [3.63, 3.8) is 0 Å². The van der Waals surface area contributed by atoms with Crippen LogP contribution in [0.2, 0.25) is 5.02 Å². The van der Waals surface area contributed by atoms with Crippen LogP contribution >= 0.6 is 11.6 Å². The van der Waals surface area contributed by atoms with E-state index >= 15 is 0 Å². The molecule has 16 nitrogen and oxygen atoms in total. The zero-order valence-corrected chi connectivity index (χ0v) is 29.8. The molecule has 2 aromatic heterocycles. The average molecular weight is 793 g/mol. The largest absolute Gasteiger partial charge is 0.480 e. The molecule has 0 radical (unpaired) electrons. The molecule has 1 unspecified atom stereocenters. The number of carbonyl (C=O) groups excluding carboxylic acids is 3. The normalized spacial score (nSPS) is 13.5.